The molecule has 0 aliphatic heterocycles. The van der Waals surface area contributed by atoms with Crippen molar-refractivity contribution in [3.8, 4) is 11.1 Å². The summed E-state index contributed by atoms with van der Waals surface area (Å²) in [6.45, 7) is 1.72. The number of methoxy groups -OCH3 is 1. The van der Waals surface area contributed by atoms with Crippen LogP contribution in [0.2, 0.25) is 0 Å². The highest BCUT2D eigenvalue weighted by atomic mass is 32.2. The van der Waals surface area contributed by atoms with Crippen molar-refractivity contribution in [2.45, 2.75) is 11.8 Å². The monoisotopic (exact) mass is 381 g/mol. The Bertz CT molecular complexity index is 1080. The average Bonchev–Trinajstić information content (AvgIpc) is 2.68. The molecule has 0 unspecified atom stereocenters. The van der Waals surface area contributed by atoms with Gasteiger partial charge in [0.2, 0.25) is 0 Å². The molecule has 0 saturated heterocycles. The normalized spacial score (nSPS) is 11.0. The lowest BCUT2D eigenvalue weighted by atomic mass is 10.0. The molecule has 0 spiro atoms. The number of aryl methyl sites for hydroxylation is 1. The number of para-hydroxylation sites is 1. The third kappa shape index (κ3) is 4.01. The minimum Gasteiger partial charge on any atom is -0.465 e. The van der Waals surface area contributed by atoms with E-state index in [-0.39, 0.29) is 10.5 Å². The van der Waals surface area contributed by atoms with Crippen molar-refractivity contribution in [3.05, 3.63) is 83.9 Å². The van der Waals surface area contributed by atoms with Gasteiger partial charge in [-0.3, -0.25) is 4.72 Å². The second-order valence-corrected chi connectivity index (χ2v) is 7.67. The fourth-order valence-electron chi connectivity index (χ4n) is 2.74. The van der Waals surface area contributed by atoms with Crippen molar-refractivity contribution in [2.75, 3.05) is 11.8 Å². The Labute approximate surface area is 158 Å². The van der Waals surface area contributed by atoms with Gasteiger partial charge in [-0.15, -0.1) is 0 Å². The molecule has 5 nitrogen and oxygen atoms in total. The number of rotatable bonds is 5. The van der Waals surface area contributed by atoms with Crippen LogP contribution in [-0.2, 0) is 14.8 Å². The molecule has 0 heterocycles. The van der Waals surface area contributed by atoms with Crippen LogP contribution >= 0.6 is 0 Å². The number of sulfonamides is 1. The molecule has 0 aromatic heterocycles. The average molecular weight is 381 g/mol. The highest BCUT2D eigenvalue weighted by Gasteiger charge is 2.20. The quantitative estimate of drug-likeness (QED) is 0.671. The lowest BCUT2D eigenvalue weighted by molar-refractivity contribution is 0.0599. The Morgan fingerprint density at radius 3 is 2.30 bits per heavy atom. The van der Waals surface area contributed by atoms with Crippen LogP contribution in [0.25, 0.3) is 11.1 Å². The van der Waals surface area contributed by atoms with Gasteiger partial charge in [-0.05, 0) is 36.2 Å². The van der Waals surface area contributed by atoms with E-state index in [0.29, 0.717) is 11.3 Å². The first-order valence-corrected chi connectivity index (χ1v) is 9.77. The van der Waals surface area contributed by atoms with E-state index in [9.17, 15) is 13.2 Å². The van der Waals surface area contributed by atoms with Crippen LogP contribution in [0.15, 0.2) is 77.7 Å². The van der Waals surface area contributed by atoms with Crippen LogP contribution < -0.4 is 4.72 Å². The SMILES string of the molecule is COC(=O)c1cc(S(=O)(=O)Nc2ccccc2-c2ccccc2)ccc1C. The number of esters is 1. The third-order valence-electron chi connectivity index (χ3n) is 4.18. The summed E-state index contributed by atoms with van der Waals surface area (Å²) >= 11 is 0. The molecule has 3 aromatic rings. The lowest BCUT2D eigenvalue weighted by Gasteiger charge is -2.14. The first kappa shape index (κ1) is 18.7. The molecule has 0 saturated carbocycles. The summed E-state index contributed by atoms with van der Waals surface area (Å²) in [7, 11) is -2.62. The molecule has 0 atom stereocenters. The zero-order valence-electron chi connectivity index (χ0n) is 15.0. The van der Waals surface area contributed by atoms with E-state index in [2.05, 4.69) is 4.72 Å². The van der Waals surface area contributed by atoms with Crippen molar-refractivity contribution in [1.82, 2.24) is 0 Å². The minimum absolute atomic E-state index is 0.00337. The van der Waals surface area contributed by atoms with Gasteiger partial charge >= 0.3 is 5.97 Å². The van der Waals surface area contributed by atoms with Crippen LogP contribution in [0.1, 0.15) is 15.9 Å². The largest absolute Gasteiger partial charge is 0.465 e. The molecule has 0 fully saturated rings. The molecular weight excluding hydrogens is 362 g/mol. The maximum absolute atomic E-state index is 12.9. The molecule has 6 heteroatoms. The predicted molar refractivity (Wildman–Crippen MR) is 105 cm³/mol. The zero-order chi connectivity index (χ0) is 19.4. The van der Waals surface area contributed by atoms with Crippen LogP contribution in [0.3, 0.4) is 0 Å². The van der Waals surface area contributed by atoms with Crippen LogP contribution in [-0.4, -0.2) is 21.5 Å². The maximum Gasteiger partial charge on any atom is 0.338 e. The summed E-state index contributed by atoms with van der Waals surface area (Å²) < 4.78 is 33.1. The summed E-state index contributed by atoms with van der Waals surface area (Å²) in [4.78, 5) is 11.9. The fraction of sp³-hybridized carbons (Fsp3) is 0.0952. The van der Waals surface area contributed by atoms with Crippen LogP contribution in [0.4, 0.5) is 5.69 Å². The zero-order valence-corrected chi connectivity index (χ0v) is 15.8. The summed E-state index contributed by atoms with van der Waals surface area (Å²) in [5, 5.41) is 0. The van der Waals surface area contributed by atoms with Crippen molar-refractivity contribution < 1.29 is 17.9 Å². The standard InChI is InChI=1S/C21H19NO4S/c1-15-12-13-17(14-19(15)21(23)26-2)27(24,25)22-20-11-7-6-10-18(20)16-8-4-3-5-9-16/h3-14,22H,1-2H3. The van der Waals surface area contributed by atoms with Crippen molar-refractivity contribution in [1.29, 1.82) is 0 Å². The summed E-state index contributed by atoms with van der Waals surface area (Å²) in [6, 6.07) is 21.1. The predicted octanol–water partition coefficient (Wildman–Crippen LogP) is 4.25. The van der Waals surface area contributed by atoms with Crippen LogP contribution in [0.5, 0.6) is 0 Å². The van der Waals surface area contributed by atoms with Gasteiger partial charge < -0.3 is 4.74 Å². The van der Waals surface area contributed by atoms with Gasteiger partial charge in [-0.1, -0.05) is 54.6 Å². The maximum atomic E-state index is 12.9. The first-order chi connectivity index (χ1) is 12.9. The minimum atomic E-state index is -3.88. The summed E-state index contributed by atoms with van der Waals surface area (Å²) in [6.07, 6.45) is 0. The second-order valence-electron chi connectivity index (χ2n) is 5.99. The molecule has 0 amide bonds. The number of hydrogen-bond donors (Lipinski definition) is 1. The van der Waals surface area contributed by atoms with Gasteiger partial charge in [0.15, 0.2) is 0 Å². The van der Waals surface area contributed by atoms with E-state index in [1.54, 1.807) is 25.1 Å². The first-order valence-electron chi connectivity index (χ1n) is 8.28. The Morgan fingerprint density at radius 2 is 1.59 bits per heavy atom. The fourth-order valence-corrected chi connectivity index (χ4v) is 3.85. The summed E-state index contributed by atoms with van der Waals surface area (Å²) in [5.74, 6) is -0.575. The second kappa shape index (κ2) is 7.63. The topological polar surface area (TPSA) is 72.5 Å². The molecule has 27 heavy (non-hydrogen) atoms. The number of nitrogens with one attached hydrogen (secondary N) is 1. The molecule has 3 rings (SSSR count). The number of carbonyl (C=O) groups is 1. The Morgan fingerprint density at radius 1 is 0.926 bits per heavy atom. The van der Waals surface area contributed by atoms with Gasteiger partial charge in [-0.2, -0.15) is 0 Å². The number of benzene rings is 3. The Kier molecular flexibility index (Phi) is 5.28. The molecule has 0 bridgehead atoms. The molecule has 0 aliphatic carbocycles. The molecule has 138 valence electrons. The highest BCUT2D eigenvalue weighted by Crippen LogP contribution is 2.29. The van der Waals surface area contributed by atoms with E-state index in [0.717, 1.165) is 11.1 Å². The number of anilines is 1. The number of ether oxygens (including phenoxy) is 1. The van der Waals surface area contributed by atoms with Gasteiger partial charge in [0.05, 0.1) is 23.3 Å². The smallest absolute Gasteiger partial charge is 0.338 e. The molecular formula is C21H19NO4S. The van der Waals surface area contributed by atoms with E-state index in [1.165, 1.54) is 19.2 Å². The molecule has 0 aliphatic rings. The van der Waals surface area contributed by atoms with Gasteiger partial charge in [-0.25, -0.2) is 13.2 Å². The Hall–Kier alpha value is -3.12. The summed E-state index contributed by atoms with van der Waals surface area (Å²) in [5.41, 5.74) is 2.99. The lowest BCUT2D eigenvalue weighted by Crippen LogP contribution is -2.15. The number of carbonyl (C=O) groups excluding carboxylic acids is 1. The van der Waals surface area contributed by atoms with Crippen molar-refractivity contribution in [3.63, 3.8) is 0 Å². The van der Waals surface area contributed by atoms with Gasteiger partial charge in [0.1, 0.15) is 0 Å². The molecule has 0 radical (unpaired) electrons. The van der Waals surface area contributed by atoms with E-state index in [1.807, 2.05) is 42.5 Å². The van der Waals surface area contributed by atoms with Gasteiger partial charge in [0.25, 0.3) is 10.0 Å². The third-order valence-corrected chi connectivity index (χ3v) is 5.54. The van der Waals surface area contributed by atoms with E-state index < -0.39 is 16.0 Å². The van der Waals surface area contributed by atoms with Crippen LogP contribution in [0, 0.1) is 6.92 Å². The van der Waals surface area contributed by atoms with Crippen molar-refractivity contribution >= 4 is 21.7 Å². The van der Waals surface area contributed by atoms with Gasteiger partial charge in [0, 0.05) is 5.56 Å². The van der Waals surface area contributed by atoms with E-state index in [4.69, 9.17) is 4.74 Å². The molecule has 1 N–H and O–H groups in total. The van der Waals surface area contributed by atoms with E-state index >= 15 is 0 Å². The highest BCUT2D eigenvalue weighted by molar-refractivity contribution is 7.92. The molecule has 3 aromatic carbocycles. The van der Waals surface area contributed by atoms with Crippen molar-refractivity contribution in [2.24, 2.45) is 0 Å². The Balaban J connectivity index is 2.01. The number of hydrogen-bond acceptors (Lipinski definition) is 4.